The molecule has 1 heterocycles. The maximum absolute atomic E-state index is 11.7. The Labute approximate surface area is 107 Å². The lowest BCUT2D eigenvalue weighted by molar-refractivity contribution is -0.139. The number of piperidine rings is 1. The smallest absolute Gasteiger partial charge is 0.305 e. The van der Waals surface area contributed by atoms with Gasteiger partial charge in [-0.1, -0.05) is 0 Å². The first kappa shape index (κ1) is 14.5. The van der Waals surface area contributed by atoms with E-state index in [1.807, 2.05) is 0 Å². The van der Waals surface area contributed by atoms with Crippen LogP contribution >= 0.6 is 0 Å². The second-order valence-electron chi connectivity index (χ2n) is 4.30. The summed E-state index contributed by atoms with van der Waals surface area (Å²) in [7, 11) is 0. The fourth-order valence-electron chi connectivity index (χ4n) is 1.92. The molecular formula is C13H19NO4. The Morgan fingerprint density at radius 3 is 2.56 bits per heavy atom. The highest BCUT2D eigenvalue weighted by molar-refractivity contribution is 5.76. The van der Waals surface area contributed by atoms with E-state index in [0.29, 0.717) is 25.9 Å². The predicted octanol–water partition coefficient (Wildman–Crippen LogP) is 0.882. The van der Waals surface area contributed by atoms with Gasteiger partial charge in [-0.05, 0) is 12.8 Å². The van der Waals surface area contributed by atoms with Crippen LogP contribution in [0.3, 0.4) is 0 Å². The minimum Gasteiger partial charge on any atom is -0.481 e. The molecule has 0 aromatic heterocycles. The van der Waals surface area contributed by atoms with Crippen molar-refractivity contribution in [1.29, 1.82) is 0 Å². The van der Waals surface area contributed by atoms with Gasteiger partial charge in [0, 0.05) is 25.9 Å². The van der Waals surface area contributed by atoms with E-state index in [9.17, 15) is 9.59 Å². The lowest BCUT2D eigenvalue weighted by Crippen LogP contribution is -2.40. The summed E-state index contributed by atoms with van der Waals surface area (Å²) in [6.45, 7) is 1.58. The van der Waals surface area contributed by atoms with E-state index >= 15 is 0 Å². The molecule has 0 aromatic rings. The van der Waals surface area contributed by atoms with E-state index in [0.717, 1.165) is 12.8 Å². The lowest BCUT2D eigenvalue weighted by Gasteiger charge is -2.31. The summed E-state index contributed by atoms with van der Waals surface area (Å²) in [4.78, 5) is 23.8. The Hall–Kier alpha value is -1.54. The number of rotatable bonds is 6. The molecule has 0 aliphatic carbocycles. The van der Waals surface area contributed by atoms with E-state index in [2.05, 4.69) is 5.92 Å². The second kappa shape index (κ2) is 7.72. The number of nitrogens with zero attached hydrogens (tertiary/aromatic N) is 1. The molecule has 0 unspecified atom stereocenters. The molecule has 5 nitrogen and oxygen atoms in total. The fraction of sp³-hybridized carbons (Fsp3) is 0.692. The van der Waals surface area contributed by atoms with Crippen molar-refractivity contribution >= 4 is 11.9 Å². The largest absolute Gasteiger partial charge is 0.481 e. The summed E-state index contributed by atoms with van der Waals surface area (Å²) >= 11 is 0. The van der Waals surface area contributed by atoms with Crippen LogP contribution in [0.2, 0.25) is 0 Å². The summed E-state index contributed by atoms with van der Waals surface area (Å²) < 4.78 is 5.45. The molecule has 5 heteroatoms. The molecule has 1 amide bonds. The van der Waals surface area contributed by atoms with Gasteiger partial charge in [-0.15, -0.1) is 12.3 Å². The van der Waals surface area contributed by atoms with Crippen molar-refractivity contribution in [1.82, 2.24) is 4.90 Å². The van der Waals surface area contributed by atoms with E-state index in [-0.39, 0.29) is 25.0 Å². The normalized spacial score (nSPS) is 16.3. The number of carbonyl (C=O) groups excluding carboxylic acids is 1. The molecule has 0 spiro atoms. The zero-order valence-electron chi connectivity index (χ0n) is 10.4. The summed E-state index contributed by atoms with van der Waals surface area (Å²) in [5, 5.41) is 8.49. The summed E-state index contributed by atoms with van der Waals surface area (Å²) in [6.07, 6.45) is 7.63. The van der Waals surface area contributed by atoms with Gasteiger partial charge in [-0.2, -0.15) is 0 Å². The Bertz CT molecular complexity index is 326. The topological polar surface area (TPSA) is 66.8 Å². The van der Waals surface area contributed by atoms with Crippen LogP contribution in [-0.2, 0) is 14.3 Å². The van der Waals surface area contributed by atoms with Gasteiger partial charge in [0.15, 0.2) is 0 Å². The monoisotopic (exact) mass is 253 g/mol. The van der Waals surface area contributed by atoms with Gasteiger partial charge >= 0.3 is 5.97 Å². The second-order valence-corrected chi connectivity index (χ2v) is 4.30. The van der Waals surface area contributed by atoms with E-state index < -0.39 is 5.97 Å². The van der Waals surface area contributed by atoms with Gasteiger partial charge < -0.3 is 14.7 Å². The Balaban J connectivity index is 2.18. The molecule has 1 rings (SSSR count). The molecular weight excluding hydrogens is 234 g/mol. The number of terminal acetylenes is 1. The summed E-state index contributed by atoms with van der Waals surface area (Å²) in [5.74, 6) is 1.70. The third-order valence-corrected chi connectivity index (χ3v) is 2.95. The minimum atomic E-state index is -0.850. The highest BCUT2D eigenvalue weighted by atomic mass is 16.5. The molecule has 1 aliphatic rings. The molecule has 18 heavy (non-hydrogen) atoms. The van der Waals surface area contributed by atoms with Gasteiger partial charge in [-0.3, -0.25) is 9.59 Å². The van der Waals surface area contributed by atoms with Crippen LogP contribution in [0.15, 0.2) is 0 Å². The van der Waals surface area contributed by atoms with E-state index in [4.69, 9.17) is 16.3 Å². The summed E-state index contributed by atoms with van der Waals surface area (Å²) in [6, 6.07) is 0. The quantitative estimate of drug-likeness (QED) is 0.714. The zero-order chi connectivity index (χ0) is 13.4. The number of aliphatic carboxylic acids is 1. The number of carbonyl (C=O) groups is 2. The highest BCUT2D eigenvalue weighted by Gasteiger charge is 2.22. The maximum Gasteiger partial charge on any atom is 0.305 e. The number of ether oxygens (including phenoxy) is 1. The summed E-state index contributed by atoms with van der Waals surface area (Å²) in [5.41, 5.74) is 0. The first-order valence-corrected chi connectivity index (χ1v) is 6.18. The first-order chi connectivity index (χ1) is 8.63. The van der Waals surface area contributed by atoms with E-state index in [1.54, 1.807) is 4.90 Å². The fourth-order valence-corrected chi connectivity index (χ4v) is 1.92. The van der Waals surface area contributed by atoms with Crippen LogP contribution in [0.25, 0.3) is 0 Å². The van der Waals surface area contributed by atoms with Crippen molar-refractivity contribution in [3.05, 3.63) is 0 Å². The first-order valence-electron chi connectivity index (χ1n) is 6.18. The van der Waals surface area contributed by atoms with E-state index in [1.165, 1.54) is 0 Å². The van der Waals surface area contributed by atoms with Gasteiger partial charge in [-0.25, -0.2) is 0 Å². The minimum absolute atomic E-state index is 0.0291. The third kappa shape index (κ3) is 5.19. The molecule has 0 aromatic carbocycles. The van der Waals surface area contributed by atoms with Crippen LogP contribution in [0.5, 0.6) is 0 Å². The molecule has 0 atom stereocenters. The average Bonchev–Trinajstić information content (AvgIpc) is 2.36. The van der Waals surface area contributed by atoms with Gasteiger partial charge in [0.05, 0.1) is 19.1 Å². The highest BCUT2D eigenvalue weighted by Crippen LogP contribution is 2.15. The number of hydrogen-bond donors (Lipinski definition) is 1. The van der Waals surface area contributed by atoms with Crippen LogP contribution in [-0.4, -0.2) is 47.7 Å². The third-order valence-electron chi connectivity index (χ3n) is 2.95. The van der Waals surface area contributed by atoms with Crippen LogP contribution in [0.1, 0.15) is 32.1 Å². The lowest BCUT2D eigenvalue weighted by atomic mass is 10.1. The molecule has 0 bridgehead atoms. The number of hydrogen-bond acceptors (Lipinski definition) is 3. The predicted molar refractivity (Wildman–Crippen MR) is 65.9 cm³/mol. The zero-order valence-corrected chi connectivity index (χ0v) is 10.4. The molecule has 1 saturated heterocycles. The van der Waals surface area contributed by atoms with Crippen LogP contribution in [0, 0.1) is 12.3 Å². The SMILES string of the molecule is C#CCCC(=O)N1CCC(OCCC(=O)O)CC1. The Kier molecular flexibility index (Phi) is 6.23. The van der Waals surface area contributed by atoms with Crippen LogP contribution in [0.4, 0.5) is 0 Å². The van der Waals surface area contributed by atoms with Crippen molar-refractivity contribution in [2.75, 3.05) is 19.7 Å². The van der Waals surface area contributed by atoms with Crippen molar-refractivity contribution in [3.8, 4) is 12.3 Å². The van der Waals surface area contributed by atoms with Gasteiger partial charge in [0.25, 0.3) is 0 Å². The Morgan fingerprint density at radius 2 is 2.00 bits per heavy atom. The number of amides is 1. The molecule has 0 saturated carbocycles. The maximum atomic E-state index is 11.7. The van der Waals surface area contributed by atoms with Gasteiger partial charge in [0.1, 0.15) is 0 Å². The van der Waals surface area contributed by atoms with Crippen molar-refractivity contribution in [2.24, 2.45) is 0 Å². The number of likely N-dealkylation sites (tertiary alicyclic amines) is 1. The molecule has 1 fully saturated rings. The van der Waals surface area contributed by atoms with Crippen molar-refractivity contribution in [2.45, 2.75) is 38.2 Å². The Morgan fingerprint density at radius 1 is 1.33 bits per heavy atom. The average molecular weight is 253 g/mol. The van der Waals surface area contributed by atoms with Crippen molar-refractivity contribution in [3.63, 3.8) is 0 Å². The van der Waals surface area contributed by atoms with Crippen LogP contribution < -0.4 is 0 Å². The van der Waals surface area contributed by atoms with Crippen molar-refractivity contribution < 1.29 is 19.4 Å². The molecule has 1 aliphatic heterocycles. The molecule has 0 radical (unpaired) electrons. The standard InChI is InChI=1S/C13H19NO4/c1-2-3-4-12(15)14-8-5-11(6-9-14)18-10-7-13(16)17/h1,11H,3-10H2,(H,16,17). The number of carboxylic acid groups (broad SMARTS) is 1. The van der Waals surface area contributed by atoms with Gasteiger partial charge in [0.2, 0.25) is 5.91 Å². The molecule has 1 N–H and O–H groups in total. The number of carboxylic acids is 1. The molecule has 100 valence electrons.